The van der Waals surface area contributed by atoms with Crippen LogP contribution in [0, 0.1) is 0 Å². The normalized spacial score (nSPS) is 15.8. The van der Waals surface area contributed by atoms with E-state index in [1.54, 1.807) is 11.5 Å². The van der Waals surface area contributed by atoms with Crippen molar-refractivity contribution in [2.45, 2.75) is 44.0 Å². The number of hydrogen-bond donors (Lipinski definition) is 1. The van der Waals surface area contributed by atoms with Gasteiger partial charge in [-0.05, 0) is 25.3 Å². The van der Waals surface area contributed by atoms with Gasteiger partial charge in [-0.25, -0.2) is 13.2 Å². The zero-order valence-electron chi connectivity index (χ0n) is 11.7. The summed E-state index contributed by atoms with van der Waals surface area (Å²) in [6.45, 7) is 4.52. The molecule has 0 saturated heterocycles. The number of aromatic nitrogens is 1. The van der Waals surface area contributed by atoms with Crippen molar-refractivity contribution in [1.82, 2.24) is 8.87 Å². The number of hydrogen-bond acceptors (Lipinski definition) is 3. The highest BCUT2D eigenvalue weighted by atomic mass is 32.2. The van der Waals surface area contributed by atoms with Gasteiger partial charge in [0.05, 0.1) is 0 Å². The van der Waals surface area contributed by atoms with Gasteiger partial charge in [-0.3, -0.25) is 0 Å². The van der Waals surface area contributed by atoms with Crippen molar-refractivity contribution in [1.29, 1.82) is 0 Å². The Morgan fingerprint density at radius 3 is 2.55 bits per heavy atom. The van der Waals surface area contributed by atoms with Crippen LogP contribution in [-0.2, 0) is 10.0 Å². The molecular weight excluding hydrogens is 280 g/mol. The van der Waals surface area contributed by atoms with E-state index in [1.165, 1.54) is 16.6 Å². The van der Waals surface area contributed by atoms with E-state index in [0.717, 1.165) is 19.3 Å². The summed E-state index contributed by atoms with van der Waals surface area (Å²) >= 11 is 0. The maximum Gasteiger partial charge on any atom is 0.352 e. The molecular formula is C13H20N2O4S. The van der Waals surface area contributed by atoms with E-state index in [9.17, 15) is 18.3 Å². The first-order valence-electron chi connectivity index (χ1n) is 6.87. The topological polar surface area (TPSA) is 79.6 Å². The Hall–Kier alpha value is -1.34. The van der Waals surface area contributed by atoms with Crippen LogP contribution in [-0.4, -0.2) is 41.5 Å². The summed E-state index contributed by atoms with van der Waals surface area (Å²) in [5.74, 6) is -1.09. The molecule has 0 bridgehead atoms. The van der Waals surface area contributed by atoms with Gasteiger partial charge in [0.15, 0.2) is 0 Å². The minimum Gasteiger partial charge on any atom is -0.477 e. The summed E-state index contributed by atoms with van der Waals surface area (Å²) in [6.07, 6.45) is 4.00. The van der Waals surface area contributed by atoms with Gasteiger partial charge < -0.3 is 9.67 Å². The van der Waals surface area contributed by atoms with Crippen LogP contribution in [0.1, 0.15) is 49.6 Å². The number of carbonyl (C=O) groups is 1. The Labute approximate surface area is 119 Å². The first-order chi connectivity index (χ1) is 9.41. The Balaban J connectivity index is 2.41. The van der Waals surface area contributed by atoms with Gasteiger partial charge >= 0.3 is 5.97 Å². The highest BCUT2D eigenvalue weighted by Crippen LogP contribution is 2.37. The second-order valence-electron chi connectivity index (χ2n) is 5.00. The second-order valence-corrected chi connectivity index (χ2v) is 6.94. The highest BCUT2D eigenvalue weighted by molar-refractivity contribution is 7.89. The van der Waals surface area contributed by atoms with Crippen molar-refractivity contribution < 1.29 is 18.3 Å². The van der Waals surface area contributed by atoms with Crippen LogP contribution >= 0.6 is 0 Å². The molecule has 0 atom stereocenters. The Kier molecular flexibility index (Phi) is 4.19. The Bertz CT molecular complexity index is 602. The molecule has 0 aliphatic heterocycles. The van der Waals surface area contributed by atoms with Gasteiger partial charge in [-0.1, -0.05) is 13.8 Å². The van der Waals surface area contributed by atoms with Crippen LogP contribution in [0.15, 0.2) is 17.2 Å². The minimum absolute atomic E-state index is 0.0543. The summed E-state index contributed by atoms with van der Waals surface area (Å²) in [5, 5.41) is 9.19. The quantitative estimate of drug-likeness (QED) is 0.834. The standard InChI is InChI=1S/C13H20N2O4S/c1-3-7-14(4-2)20(18,19)11-8-12(13(16)17)15(9-11)10-5-6-10/h8-10H,3-7H2,1-2H3,(H,16,17). The van der Waals surface area contributed by atoms with Crippen molar-refractivity contribution in [2.24, 2.45) is 0 Å². The SMILES string of the molecule is CCCN(CC)S(=O)(=O)c1cc(C(=O)O)n(C2CC2)c1. The maximum absolute atomic E-state index is 12.5. The Morgan fingerprint density at radius 1 is 1.45 bits per heavy atom. The van der Waals surface area contributed by atoms with Crippen molar-refractivity contribution in [2.75, 3.05) is 13.1 Å². The number of carboxylic acids is 1. The van der Waals surface area contributed by atoms with Crippen molar-refractivity contribution in [3.05, 3.63) is 18.0 Å². The third-order valence-electron chi connectivity index (χ3n) is 3.45. The van der Waals surface area contributed by atoms with E-state index in [-0.39, 0.29) is 16.6 Å². The second kappa shape index (κ2) is 5.57. The van der Waals surface area contributed by atoms with Gasteiger partial charge in [-0.2, -0.15) is 4.31 Å². The fraction of sp³-hybridized carbons (Fsp3) is 0.615. The average Bonchev–Trinajstić information content (AvgIpc) is 3.13. The molecule has 1 N–H and O–H groups in total. The molecule has 20 heavy (non-hydrogen) atoms. The molecule has 1 aliphatic rings. The fourth-order valence-electron chi connectivity index (χ4n) is 2.27. The predicted octanol–water partition coefficient (Wildman–Crippen LogP) is 1.94. The fourth-order valence-corrected chi connectivity index (χ4v) is 3.84. The monoisotopic (exact) mass is 300 g/mol. The van der Waals surface area contributed by atoms with Gasteiger partial charge in [0, 0.05) is 25.3 Å². The molecule has 1 heterocycles. The minimum atomic E-state index is -3.61. The van der Waals surface area contributed by atoms with E-state index in [0.29, 0.717) is 13.1 Å². The molecule has 1 saturated carbocycles. The van der Waals surface area contributed by atoms with Crippen LogP contribution < -0.4 is 0 Å². The molecule has 1 aromatic rings. The molecule has 0 amide bonds. The third-order valence-corrected chi connectivity index (χ3v) is 5.39. The van der Waals surface area contributed by atoms with Crippen LogP contribution in [0.4, 0.5) is 0 Å². The van der Waals surface area contributed by atoms with Crippen molar-refractivity contribution >= 4 is 16.0 Å². The van der Waals surface area contributed by atoms with Crippen LogP contribution in [0.3, 0.4) is 0 Å². The smallest absolute Gasteiger partial charge is 0.352 e. The molecule has 1 aliphatic carbocycles. The predicted molar refractivity (Wildman–Crippen MR) is 74.4 cm³/mol. The number of aromatic carboxylic acids is 1. The Morgan fingerprint density at radius 2 is 2.10 bits per heavy atom. The van der Waals surface area contributed by atoms with Crippen LogP contribution in [0.2, 0.25) is 0 Å². The largest absolute Gasteiger partial charge is 0.477 e. The molecule has 2 rings (SSSR count). The molecule has 6 nitrogen and oxygen atoms in total. The maximum atomic E-state index is 12.5. The number of nitrogens with zero attached hydrogens (tertiary/aromatic N) is 2. The van der Waals surface area contributed by atoms with Crippen LogP contribution in [0.5, 0.6) is 0 Å². The molecule has 112 valence electrons. The van der Waals surface area contributed by atoms with E-state index >= 15 is 0 Å². The molecule has 0 radical (unpaired) electrons. The van der Waals surface area contributed by atoms with E-state index in [2.05, 4.69) is 0 Å². The number of sulfonamides is 1. The van der Waals surface area contributed by atoms with Gasteiger partial charge in [0.2, 0.25) is 10.0 Å². The summed E-state index contributed by atoms with van der Waals surface area (Å²) in [7, 11) is -3.61. The lowest BCUT2D eigenvalue weighted by Crippen LogP contribution is -2.31. The molecule has 0 aromatic carbocycles. The van der Waals surface area contributed by atoms with E-state index in [1.807, 2.05) is 6.92 Å². The first kappa shape index (κ1) is 15.1. The van der Waals surface area contributed by atoms with Crippen LogP contribution in [0.25, 0.3) is 0 Å². The molecule has 1 aromatic heterocycles. The highest BCUT2D eigenvalue weighted by Gasteiger charge is 2.32. The summed E-state index contributed by atoms with van der Waals surface area (Å²) in [4.78, 5) is 11.3. The number of rotatable bonds is 7. The lowest BCUT2D eigenvalue weighted by molar-refractivity contribution is 0.0685. The number of carboxylic acid groups (broad SMARTS) is 1. The summed E-state index contributed by atoms with van der Waals surface area (Å²) < 4.78 is 28.0. The lowest BCUT2D eigenvalue weighted by atomic mass is 10.4. The third kappa shape index (κ3) is 2.73. The molecule has 0 unspecified atom stereocenters. The van der Waals surface area contributed by atoms with Gasteiger partial charge in [0.1, 0.15) is 10.6 Å². The zero-order valence-corrected chi connectivity index (χ0v) is 12.6. The lowest BCUT2D eigenvalue weighted by Gasteiger charge is -2.18. The summed E-state index contributed by atoms with van der Waals surface area (Å²) in [6, 6.07) is 1.40. The molecule has 0 spiro atoms. The van der Waals surface area contributed by atoms with Gasteiger partial charge in [0.25, 0.3) is 0 Å². The first-order valence-corrected chi connectivity index (χ1v) is 8.31. The molecule has 7 heteroatoms. The zero-order chi connectivity index (χ0) is 14.9. The van der Waals surface area contributed by atoms with E-state index < -0.39 is 16.0 Å². The van der Waals surface area contributed by atoms with Crippen molar-refractivity contribution in [3.63, 3.8) is 0 Å². The molecule has 1 fully saturated rings. The van der Waals surface area contributed by atoms with E-state index in [4.69, 9.17) is 0 Å². The van der Waals surface area contributed by atoms with Gasteiger partial charge in [-0.15, -0.1) is 0 Å². The summed E-state index contributed by atoms with van der Waals surface area (Å²) in [5.41, 5.74) is 0.0543. The average molecular weight is 300 g/mol. The van der Waals surface area contributed by atoms with Crippen molar-refractivity contribution in [3.8, 4) is 0 Å².